The van der Waals surface area contributed by atoms with E-state index in [0.717, 1.165) is 16.6 Å². The van der Waals surface area contributed by atoms with Crippen molar-refractivity contribution in [3.05, 3.63) is 63.1 Å². The van der Waals surface area contributed by atoms with Crippen molar-refractivity contribution < 1.29 is 4.79 Å². The normalized spacial score (nSPS) is 10.3. The first kappa shape index (κ1) is 15.1. The summed E-state index contributed by atoms with van der Waals surface area (Å²) in [7, 11) is 0. The standard InChI is InChI=1S/C16H15BrClNO/c1-11-3-2-4-12(9-11)5-8-16(20)19-13-6-7-15(18)14(17)10-13/h2-4,6-7,9-10H,5,8H2,1H3,(H,19,20). The highest BCUT2D eigenvalue weighted by molar-refractivity contribution is 9.10. The minimum Gasteiger partial charge on any atom is -0.326 e. The van der Waals surface area contributed by atoms with Crippen LogP contribution in [-0.4, -0.2) is 5.91 Å². The van der Waals surface area contributed by atoms with Gasteiger partial charge in [-0.25, -0.2) is 0 Å². The Hall–Kier alpha value is -1.32. The molecule has 2 aromatic carbocycles. The molecular formula is C16H15BrClNO. The Bertz CT molecular complexity index is 628. The van der Waals surface area contributed by atoms with Crippen molar-refractivity contribution in [3.63, 3.8) is 0 Å². The number of carbonyl (C=O) groups is 1. The summed E-state index contributed by atoms with van der Waals surface area (Å²) >= 11 is 9.25. The van der Waals surface area contributed by atoms with E-state index in [1.807, 2.05) is 12.1 Å². The van der Waals surface area contributed by atoms with Crippen LogP contribution in [0.2, 0.25) is 5.02 Å². The average Bonchev–Trinajstić information content (AvgIpc) is 2.41. The van der Waals surface area contributed by atoms with Gasteiger partial charge in [0.05, 0.1) is 5.02 Å². The van der Waals surface area contributed by atoms with Gasteiger partial charge in [0.15, 0.2) is 0 Å². The lowest BCUT2D eigenvalue weighted by Crippen LogP contribution is -2.12. The first-order chi connectivity index (χ1) is 9.54. The van der Waals surface area contributed by atoms with Gasteiger partial charge in [0.2, 0.25) is 5.91 Å². The maximum absolute atomic E-state index is 11.9. The van der Waals surface area contributed by atoms with Gasteiger partial charge in [-0.3, -0.25) is 4.79 Å². The molecule has 4 heteroatoms. The Morgan fingerprint density at radius 1 is 1.25 bits per heavy atom. The Kier molecular flexibility index (Phi) is 5.21. The lowest BCUT2D eigenvalue weighted by molar-refractivity contribution is -0.116. The number of rotatable bonds is 4. The second kappa shape index (κ2) is 6.91. The van der Waals surface area contributed by atoms with Gasteiger partial charge in [-0.2, -0.15) is 0 Å². The summed E-state index contributed by atoms with van der Waals surface area (Å²) in [6.45, 7) is 2.05. The predicted octanol–water partition coefficient (Wildman–Crippen LogP) is 4.98. The summed E-state index contributed by atoms with van der Waals surface area (Å²) < 4.78 is 0.774. The number of anilines is 1. The van der Waals surface area contributed by atoms with E-state index in [1.165, 1.54) is 11.1 Å². The molecule has 1 N–H and O–H groups in total. The highest BCUT2D eigenvalue weighted by atomic mass is 79.9. The van der Waals surface area contributed by atoms with Crippen LogP contribution in [0.5, 0.6) is 0 Å². The minimum absolute atomic E-state index is 0.000675. The molecule has 0 unspecified atom stereocenters. The molecule has 2 nitrogen and oxygen atoms in total. The van der Waals surface area contributed by atoms with Gasteiger partial charge in [0.1, 0.15) is 0 Å². The van der Waals surface area contributed by atoms with Crippen LogP contribution in [0.4, 0.5) is 5.69 Å². The van der Waals surface area contributed by atoms with Crippen LogP contribution in [0.25, 0.3) is 0 Å². The van der Waals surface area contributed by atoms with Crippen LogP contribution >= 0.6 is 27.5 Å². The zero-order valence-electron chi connectivity index (χ0n) is 11.1. The Balaban J connectivity index is 1.91. The molecule has 0 aliphatic heterocycles. The SMILES string of the molecule is Cc1cccc(CCC(=O)Nc2ccc(Cl)c(Br)c2)c1. The molecular weight excluding hydrogens is 338 g/mol. The van der Waals surface area contributed by atoms with Crippen molar-refractivity contribution in [2.24, 2.45) is 0 Å². The Morgan fingerprint density at radius 2 is 2.05 bits per heavy atom. The zero-order valence-corrected chi connectivity index (χ0v) is 13.5. The molecule has 0 saturated heterocycles. The van der Waals surface area contributed by atoms with Crippen LogP contribution in [0.1, 0.15) is 17.5 Å². The topological polar surface area (TPSA) is 29.1 Å². The third kappa shape index (κ3) is 4.36. The van der Waals surface area contributed by atoms with Crippen LogP contribution in [-0.2, 0) is 11.2 Å². The van der Waals surface area contributed by atoms with Gasteiger partial charge in [-0.05, 0) is 53.0 Å². The Morgan fingerprint density at radius 3 is 2.75 bits per heavy atom. The molecule has 2 aromatic rings. The molecule has 0 fully saturated rings. The van der Waals surface area contributed by atoms with Crippen molar-refractivity contribution in [2.45, 2.75) is 19.8 Å². The van der Waals surface area contributed by atoms with E-state index in [2.05, 4.69) is 40.3 Å². The van der Waals surface area contributed by atoms with Gasteiger partial charge < -0.3 is 5.32 Å². The van der Waals surface area contributed by atoms with Crippen molar-refractivity contribution >= 4 is 39.1 Å². The van der Waals surface area contributed by atoms with E-state index in [9.17, 15) is 4.79 Å². The van der Waals surface area contributed by atoms with Crippen molar-refractivity contribution in [1.82, 2.24) is 0 Å². The summed E-state index contributed by atoms with van der Waals surface area (Å²) in [6.07, 6.45) is 1.20. The third-order valence-corrected chi connectivity index (χ3v) is 4.14. The molecule has 0 atom stereocenters. The lowest BCUT2D eigenvalue weighted by Gasteiger charge is -2.07. The van der Waals surface area contributed by atoms with Crippen LogP contribution in [0.3, 0.4) is 0 Å². The number of aryl methyl sites for hydroxylation is 2. The molecule has 0 saturated carbocycles. The van der Waals surface area contributed by atoms with E-state index in [-0.39, 0.29) is 5.91 Å². The van der Waals surface area contributed by atoms with E-state index in [1.54, 1.807) is 18.2 Å². The second-order valence-electron chi connectivity index (χ2n) is 4.67. The molecule has 104 valence electrons. The quantitative estimate of drug-likeness (QED) is 0.826. The van der Waals surface area contributed by atoms with Crippen LogP contribution in [0, 0.1) is 6.92 Å². The van der Waals surface area contributed by atoms with E-state index >= 15 is 0 Å². The summed E-state index contributed by atoms with van der Waals surface area (Å²) in [6, 6.07) is 13.5. The molecule has 0 spiro atoms. The monoisotopic (exact) mass is 351 g/mol. The van der Waals surface area contributed by atoms with Crippen molar-refractivity contribution in [2.75, 3.05) is 5.32 Å². The largest absolute Gasteiger partial charge is 0.326 e. The molecule has 0 aromatic heterocycles. The van der Waals surface area contributed by atoms with Gasteiger partial charge in [-0.15, -0.1) is 0 Å². The average molecular weight is 353 g/mol. The molecule has 0 radical (unpaired) electrons. The van der Waals surface area contributed by atoms with Crippen LogP contribution < -0.4 is 5.32 Å². The summed E-state index contributed by atoms with van der Waals surface area (Å²) in [5.41, 5.74) is 3.14. The van der Waals surface area contributed by atoms with E-state index < -0.39 is 0 Å². The van der Waals surface area contributed by atoms with E-state index in [4.69, 9.17) is 11.6 Å². The number of nitrogens with one attached hydrogen (secondary N) is 1. The van der Waals surface area contributed by atoms with Gasteiger partial charge >= 0.3 is 0 Å². The molecule has 0 bridgehead atoms. The van der Waals surface area contributed by atoms with Gasteiger partial charge in [0.25, 0.3) is 0 Å². The fourth-order valence-corrected chi connectivity index (χ4v) is 2.42. The van der Waals surface area contributed by atoms with Gasteiger partial charge in [0, 0.05) is 16.6 Å². The first-order valence-electron chi connectivity index (χ1n) is 6.35. The van der Waals surface area contributed by atoms with Gasteiger partial charge in [-0.1, -0.05) is 41.4 Å². The summed E-state index contributed by atoms with van der Waals surface area (Å²) in [5.74, 6) is 0.000675. The fourth-order valence-electron chi connectivity index (χ4n) is 1.92. The summed E-state index contributed by atoms with van der Waals surface area (Å²) in [5, 5.41) is 3.49. The highest BCUT2D eigenvalue weighted by Crippen LogP contribution is 2.25. The summed E-state index contributed by atoms with van der Waals surface area (Å²) in [4.78, 5) is 11.9. The number of benzene rings is 2. The third-order valence-electron chi connectivity index (χ3n) is 2.93. The molecule has 20 heavy (non-hydrogen) atoms. The minimum atomic E-state index is 0.000675. The number of amides is 1. The number of carbonyl (C=O) groups excluding carboxylic acids is 1. The first-order valence-corrected chi connectivity index (χ1v) is 7.52. The van der Waals surface area contributed by atoms with Crippen LogP contribution in [0.15, 0.2) is 46.9 Å². The maximum Gasteiger partial charge on any atom is 0.224 e. The van der Waals surface area contributed by atoms with Crippen molar-refractivity contribution in [3.8, 4) is 0 Å². The molecule has 0 heterocycles. The Labute approximate surface area is 132 Å². The molecule has 1 amide bonds. The molecule has 0 aliphatic carbocycles. The molecule has 2 rings (SSSR count). The zero-order chi connectivity index (χ0) is 14.5. The maximum atomic E-state index is 11.9. The molecule has 0 aliphatic rings. The highest BCUT2D eigenvalue weighted by Gasteiger charge is 2.05. The van der Waals surface area contributed by atoms with Crippen molar-refractivity contribution in [1.29, 1.82) is 0 Å². The number of halogens is 2. The van der Waals surface area contributed by atoms with E-state index in [0.29, 0.717) is 11.4 Å². The predicted molar refractivity (Wildman–Crippen MR) is 87.3 cm³/mol. The lowest BCUT2D eigenvalue weighted by atomic mass is 10.1. The second-order valence-corrected chi connectivity index (χ2v) is 5.93. The number of hydrogen-bond acceptors (Lipinski definition) is 1. The smallest absolute Gasteiger partial charge is 0.224 e. The number of hydrogen-bond donors (Lipinski definition) is 1. The fraction of sp³-hybridized carbons (Fsp3) is 0.188.